The summed E-state index contributed by atoms with van der Waals surface area (Å²) in [5.41, 5.74) is 1.61. The molecule has 2 heterocycles. The molecule has 0 aliphatic rings. The summed E-state index contributed by atoms with van der Waals surface area (Å²) < 4.78 is 0.884. The van der Waals surface area contributed by atoms with Gasteiger partial charge in [-0.3, -0.25) is 14.7 Å². The van der Waals surface area contributed by atoms with Gasteiger partial charge in [0, 0.05) is 35.7 Å². The van der Waals surface area contributed by atoms with E-state index in [0.29, 0.717) is 11.4 Å². The molecular weight excluding hydrogens is 306 g/mol. The second kappa shape index (κ2) is 5.93. The fraction of sp³-hybridized carbons (Fsp3) is 0.214. The molecule has 1 amide bonds. The van der Waals surface area contributed by atoms with Crippen molar-refractivity contribution < 1.29 is 4.79 Å². The third-order valence-electron chi connectivity index (χ3n) is 2.87. The molecule has 0 radical (unpaired) electrons. The van der Waals surface area contributed by atoms with Crippen molar-refractivity contribution in [2.45, 2.75) is 13.3 Å². The van der Waals surface area contributed by atoms with Gasteiger partial charge in [0.05, 0.1) is 0 Å². The SMILES string of the molecule is CCc1cnccc1C(=O)N(C)c1ccc(Br)cn1. The lowest BCUT2D eigenvalue weighted by Gasteiger charge is -2.17. The third kappa shape index (κ3) is 2.98. The van der Waals surface area contributed by atoms with Crippen LogP contribution in [0.1, 0.15) is 22.8 Å². The molecule has 2 aromatic rings. The fourth-order valence-electron chi connectivity index (χ4n) is 1.77. The number of carbonyl (C=O) groups excluding carboxylic acids is 1. The molecule has 5 heteroatoms. The summed E-state index contributed by atoms with van der Waals surface area (Å²) in [6.07, 6.45) is 5.81. The van der Waals surface area contributed by atoms with Gasteiger partial charge < -0.3 is 0 Å². The molecule has 0 saturated carbocycles. The summed E-state index contributed by atoms with van der Waals surface area (Å²) in [6.45, 7) is 2.01. The lowest BCUT2D eigenvalue weighted by atomic mass is 10.1. The first-order chi connectivity index (χ1) is 9.13. The average Bonchev–Trinajstić information content (AvgIpc) is 2.46. The number of hydrogen-bond donors (Lipinski definition) is 0. The van der Waals surface area contributed by atoms with Gasteiger partial charge in [-0.25, -0.2) is 4.98 Å². The summed E-state index contributed by atoms with van der Waals surface area (Å²) in [4.78, 5) is 22.3. The molecule has 98 valence electrons. The lowest BCUT2D eigenvalue weighted by molar-refractivity contribution is 0.0991. The molecule has 0 atom stereocenters. The number of carbonyl (C=O) groups is 1. The number of anilines is 1. The molecule has 0 unspecified atom stereocenters. The van der Waals surface area contributed by atoms with Crippen molar-refractivity contribution >= 4 is 27.7 Å². The zero-order valence-corrected chi connectivity index (χ0v) is 12.4. The van der Waals surface area contributed by atoms with Crippen LogP contribution in [-0.2, 0) is 6.42 Å². The molecule has 2 rings (SSSR count). The van der Waals surface area contributed by atoms with Crippen LogP contribution in [0.5, 0.6) is 0 Å². The lowest BCUT2D eigenvalue weighted by Crippen LogP contribution is -2.28. The Balaban J connectivity index is 2.30. The highest BCUT2D eigenvalue weighted by atomic mass is 79.9. The Kier molecular flexibility index (Phi) is 4.27. The van der Waals surface area contributed by atoms with E-state index in [1.165, 1.54) is 0 Å². The Labute approximate surface area is 120 Å². The molecule has 19 heavy (non-hydrogen) atoms. The summed E-state index contributed by atoms with van der Waals surface area (Å²) in [5.74, 6) is 0.543. The molecule has 0 fully saturated rings. The monoisotopic (exact) mass is 319 g/mol. The minimum Gasteiger partial charge on any atom is -0.296 e. The van der Waals surface area contributed by atoms with Crippen LogP contribution in [0.3, 0.4) is 0 Å². The number of amides is 1. The van der Waals surface area contributed by atoms with Crippen LogP contribution in [-0.4, -0.2) is 22.9 Å². The number of pyridine rings is 2. The Hall–Kier alpha value is -1.75. The standard InChI is InChI=1S/C14H14BrN3O/c1-3-10-8-16-7-6-12(10)14(19)18(2)13-5-4-11(15)9-17-13/h4-9H,3H2,1-2H3. The van der Waals surface area contributed by atoms with E-state index in [-0.39, 0.29) is 5.91 Å². The molecular formula is C14H14BrN3O. The van der Waals surface area contributed by atoms with Gasteiger partial charge in [0.15, 0.2) is 0 Å². The third-order valence-corrected chi connectivity index (χ3v) is 3.34. The molecule has 0 saturated heterocycles. The van der Waals surface area contributed by atoms with Crippen molar-refractivity contribution in [2.24, 2.45) is 0 Å². The van der Waals surface area contributed by atoms with Crippen LogP contribution in [0.4, 0.5) is 5.82 Å². The van der Waals surface area contributed by atoms with E-state index in [2.05, 4.69) is 25.9 Å². The molecule has 4 nitrogen and oxygen atoms in total. The fourth-order valence-corrected chi connectivity index (χ4v) is 2.00. The number of aromatic nitrogens is 2. The Morgan fingerprint density at radius 3 is 2.74 bits per heavy atom. The largest absolute Gasteiger partial charge is 0.296 e. The topological polar surface area (TPSA) is 46.1 Å². The van der Waals surface area contributed by atoms with E-state index in [1.807, 2.05) is 13.0 Å². The van der Waals surface area contributed by atoms with Gasteiger partial charge in [0.25, 0.3) is 5.91 Å². The first-order valence-electron chi connectivity index (χ1n) is 5.96. The van der Waals surface area contributed by atoms with Crippen LogP contribution in [0.2, 0.25) is 0 Å². The Morgan fingerprint density at radius 2 is 2.11 bits per heavy atom. The van der Waals surface area contributed by atoms with Crippen molar-refractivity contribution in [3.05, 3.63) is 52.4 Å². The quantitative estimate of drug-likeness (QED) is 0.873. The highest BCUT2D eigenvalue weighted by Crippen LogP contribution is 2.17. The second-order valence-corrected chi connectivity index (χ2v) is 5.00. The van der Waals surface area contributed by atoms with Crippen LogP contribution >= 0.6 is 15.9 Å². The van der Waals surface area contributed by atoms with E-state index in [1.54, 1.807) is 42.7 Å². The minimum atomic E-state index is -0.0749. The summed E-state index contributed by atoms with van der Waals surface area (Å²) in [6, 6.07) is 5.41. The van der Waals surface area contributed by atoms with Gasteiger partial charge in [-0.15, -0.1) is 0 Å². The highest BCUT2D eigenvalue weighted by molar-refractivity contribution is 9.10. The number of hydrogen-bond acceptors (Lipinski definition) is 3. The van der Waals surface area contributed by atoms with Crippen molar-refractivity contribution in [3.8, 4) is 0 Å². The molecule has 0 aliphatic carbocycles. The predicted molar refractivity (Wildman–Crippen MR) is 78.3 cm³/mol. The first-order valence-corrected chi connectivity index (χ1v) is 6.75. The van der Waals surface area contributed by atoms with E-state index in [0.717, 1.165) is 16.5 Å². The van der Waals surface area contributed by atoms with Gasteiger partial charge in [0.2, 0.25) is 0 Å². The van der Waals surface area contributed by atoms with Crippen molar-refractivity contribution in [2.75, 3.05) is 11.9 Å². The van der Waals surface area contributed by atoms with E-state index in [4.69, 9.17) is 0 Å². The zero-order chi connectivity index (χ0) is 13.8. The van der Waals surface area contributed by atoms with E-state index < -0.39 is 0 Å². The van der Waals surface area contributed by atoms with E-state index >= 15 is 0 Å². The van der Waals surface area contributed by atoms with Gasteiger partial charge in [0.1, 0.15) is 5.82 Å². The van der Waals surface area contributed by atoms with Crippen molar-refractivity contribution in [1.29, 1.82) is 0 Å². The maximum atomic E-state index is 12.5. The van der Waals surface area contributed by atoms with Crippen LogP contribution in [0.25, 0.3) is 0 Å². The maximum absolute atomic E-state index is 12.5. The normalized spacial score (nSPS) is 10.3. The number of rotatable bonds is 3. The molecule has 2 aromatic heterocycles. The summed E-state index contributed by atoms with van der Waals surface area (Å²) >= 11 is 3.33. The average molecular weight is 320 g/mol. The van der Waals surface area contributed by atoms with Crippen LogP contribution < -0.4 is 4.90 Å². The molecule has 0 bridgehead atoms. The zero-order valence-electron chi connectivity index (χ0n) is 10.8. The van der Waals surface area contributed by atoms with Gasteiger partial charge in [-0.2, -0.15) is 0 Å². The van der Waals surface area contributed by atoms with Gasteiger partial charge in [-0.1, -0.05) is 6.92 Å². The minimum absolute atomic E-state index is 0.0749. The second-order valence-electron chi connectivity index (χ2n) is 4.09. The number of halogens is 1. The Morgan fingerprint density at radius 1 is 1.32 bits per heavy atom. The van der Waals surface area contributed by atoms with E-state index in [9.17, 15) is 4.79 Å². The van der Waals surface area contributed by atoms with Crippen molar-refractivity contribution in [3.63, 3.8) is 0 Å². The van der Waals surface area contributed by atoms with Crippen molar-refractivity contribution in [1.82, 2.24) is 9.97 Å². The number of nitrogens with zero attached hydrogens (tertiary/aromatic N) is 3. The first kappa shape index (κ1) is 13.7. The molecule has 0 spiro atoms. The van der Waals surface area contributed by atoms with Crippen LogP contribution in [0.15, 0.2) is 41.3 Å². The molecule has 0 aromatic carbocycles. The number of aryl methyl sites for hydroxylation is 1. The maximum Gasteiger partial charge on any atom is 0.259 e. The molecule has 0 aliphatic heterocycles. The predicted octanol–water partition coefficient (Wildman–Crippen LogP) is 3.08. The Bertz CT molecular complexity index is 583. The van der Waals surface area contributed by atoms with Gasteiger partial charge >= 0.3 is 0 Å². The summed E-state index contributed by atoms with van der Waals surface area (Å²) in [5, 5.41) is 0. The van der Waals surface area contributed by atoms with Crippen LogP contribution in [0, 0.1) is 0 Å². The summed E-state index contributed by atoms with van der Waals surface area (Å²) in [7, 11) is 1.72. The molecule has 0 N–H and O–H groups in total. The smallest absolute Gasteiger partial charge is 0.259 e. The highest BCUT2D eigenvalue weighted by Gasteiger charge is 2.17. The van der Waals surface area contributed by atoms with Gasteiger partial charge in [-0.05, 0) is 46.1 Å².